The standard InChI is InChI=1S/C16H20N4O/c1-17-10-13-9-12-5-2-3-6-14(12)19-16(13)20-8-4-7-18-15(21)11-20/h2-3,5-6,9,17H,4,7-8,10-11H2,1H3,(H,18,21). The molecule has 1 aromatic heterocycles. The predicted molar refractivity (Wildman–Crippen MR) is 84.3 cm³/mol. The maximum Gasteiger partial charge on any atom is 0.239 e. The maximum atomic E-state index is 11.8. The molecule has 0 saturated carbocycles. The molecule has 1 amide bonds. The van der Waals surface area contributed by atoms with Crippen LogP contribution < -0.4 is 15.5 Å². The first-order chi connectivity index (χ1) is 10.3. The van der Waals surface area contributed by atoms with Crippen LogP contribution in [-0.4, -0.2) is 37.6 Å². The molecule has 2 heterocycles. The molecular formula is C16H20N4O. The van der Waals surface area contributed by atoms with Crippen LogP contribution in [-0.2, 0) is 11.3 Å². The van der Waals surface area contributed by atoms with E-state index in [9.17, 15) is 4.79 Å². The van der Waals surface area contributed by atoms with Crippen LogP contribution in [0.25, 0.3) is 10.9 Å². The van der Waals surface area contributed by atoms with Gasteiger partial charge in [0, 0.05) is 30.6 Å². The Morgan fingerprint density at radius 1 is 1.38 bits per heavy atom. The number of amides is 1. The molecule has 1 saturated heterocycles. The van der Waals surface area contributed by atoms with Gasteiger partial charge in [-0.15, -0.1) is 0 Å². The van der Waals surface area contributed by atoms with E-state index in [0.29, 0.717) is 6.54 Å². The molecular weight excluding hydrogens is 264 g/mol. The van der Waals surface area contributed by atoms with E-state index < -0.39 is 0 Å². The minimum Gasteiger partial charge on any atom is -0.354 e. The lowest BCUT2D eigenvalue weighted by Gasteiger charge is -2.23. The van der Waals surface area contributed by atoms with Crippen molar-refractivity contribution in [1.29, 1.82) is 0 Å². The van der Waals surface area contributed by atoms with Gasteiger partial charge in [-0.2, -0.15) is 0 Å². The minimum absolute atomic E-state index is 0.0675. The zero-order valence-electron chi connectivity index (χ0n) is 12.2. The zero-order chi connectivity index (χ0) is 14.7. The molecule has 21 heavy (non-hydrogen) atoms. The van der Waals surface area contributed by atoms with Crippen molar-refractivity contribution >= 4 is 22.6 Å². The molecule has 110 valence electrons. The van der Waals surface area contributed by atoms with Crippen molar-refractivity contribution in [3.05, 3.63) is 35.9 Å². The fraction of sp³-hybridized carbons (Fsp3) is 0.375. The second-order valence-corrected chi connectivity index (χ2v) is 5.32. The molecule has 1 aliphatic rings. The summed E-state index contributed by atoms with van der Waals surface area (Å²) in [5.74, 6) is 0.984. The highest BCUT2D eigenvalue weighted by atomic mass is 16.2. The van der Waals surface area contributed by atoms with Gasteiger partial charge in [-0.05, 0) is 25.6 Å². The Morgan fingerprint density at radius 3 is 3.10 bits per heavy atom. The number of pyridine rings is 1. The quantitative estimate of drug-likeness (QED) is 0.891. The summed E-state index contributed by atoms with van der Waals surface area (Å²) in [5, 5.41) is 7.23. The fourth-order valence-electron chi connectivity index (χ4n) is 2.73. The van der Waals surface area contributed by atoms with E-state index in [1.165, 1.54) is 0 Å². The van der Waals surface area contributed by atoms with Crippen molar-refractivity contribution in [2.45, 2.75) is 13.0 Å². The Bertz CT molecular complexity index is 656. The van der Waals surface area contributed by atoms with Gasteiger partial charge >= 0.3 is 0 Å². The molecule has 0 aliphatic carbocycles. The van der Waals surface area contributed by atoms with Crippen LogP contribution in [0.2, 0.25) is 0 Å². The monoisotopic (exact) mass is 284 g/mol. The third kappa shape index (κ3) is 2.97. The number of hydrogen-bond acceptors (Lipinski definition) is 4. The van der Waals surface area contributed by atoms with E-state index >= 15 is 0 Å². The highest BCUT2D eigenvalue weighted by molar-refractivity contribution is 5.85. The minimum atomic E-state index is 0.0675. The normalized spacial score (nSPS) is 15.9. The van der Waals surface area contributed by atoms with Crippen LogP contribution in [0.15, 0.2) is 30.3 Å². The summed E-state index contributed by atoms with van der Waals surface area (Å²) in [5.41, 5.74) is 2.10. The average Bonchev–Trinajstić information content (AvgIpc) is 2.71. The number of fused-ring (bicyclic) bond motifs is 1. The molecule has 0 radical (unpaired) electrons. The predicted octanol–water partition coefficient (Wildman–Crippen LogP) is 1.28. The second-order valence-electron chi connectivity index (χ2n) is 5.32. The Kier molecular flexibility index (Phi) is 4.01. The van der Waals surface area contributed by atoms with Crippen molar-refractivity contribution in [3.8, 4) is 0 Å². The highest BCUT2D eigenvalue weighted by Gasteiger charge is 2.19. The van der Waals surface area contributed by atoms with E-state index in [1.807, 2.05) is 25.2 Å². The first-order valence-electron chi connectivity index (χ1n) is 7.33. The molecule has 0 unspecified atom stereocenters. The van der Waals surface area contributed by atoms with Gasteiger partial charge in [-0.1, -0.05) is 18.2 Å². The number of anilines is 1. The lowest BCUT2D eigenvalue weighted by atomic mass is 10.1. The van der Waals surface area contributed by atoms with E-state index in [4.69, 9.17) is 4.98 Å². The van der Waals surface area contributed by atoms with Crippen LogP contribution in [0.1, 0.15) is 12.0 Å². The van der Waals surface area contributed by atoms with Crippen LogP contribution in [0.3, 0.4) is 0 Å². The van der Waals surface area contributed by atoms with E-state index in [2.05, 4.69) is 27.7 Å². The Morgan fingerprint density at radius 2 is 2.24 bits per heavy atom. The van der Waals surface area contributed by atoms with Gasteiger partial charge in [0.15, 0.2) is 0 Å². The number of nitrogens with one attached hydrogen (secondary N) is 2. The molecule has 2 N–H and O–H groups in total. The molecule has 0 spiro atoms. The summed E-state index contributed by atoms with van der Waals surface area (Å²) in [6.07, 6.45) is 0.944. The van der Waals surface area contributed by atoms with Crippen molar-refractivity contribution < 1.29 is 4.79 Å². The third-order valence-corrected chi connectivity index (χ3v) is 3.71. The molecule has 3 rings (SSSR count). The number of nitrogens with zero attached hydrogens (tertiary/aromatic N) is 2. The van der Waals surface area contributed by atoms with Crippen molar-refractivity contribution in [2.75, 3.05) is 31.6 Å². The number of rotatable bonds is 3. The smallest absolute Gasteiger partial charge is 0.239 e. The van der Waals surface area contributed by atoms with Gasteiger partial charge in [-0.25, -0.2) is 4.98 Å². The maximum absolute atomic E-state index is 11.8. The van der Waals surface area contributed by atoms with Gasteiger partial charge in [0.05, 0.1) is 12.1 Å². The number of para-hydroxylation sites is 1. The third-order valence-electron chi connectivity index (χ3n) is 3.71. The fourth-order valence-corrected chi connectivity index (χ4v) is 2.73. The van der Waals surface area contributed by atoms with E-state index in [-0.39, 0.29) is 5.91 Å². The number of benzene rings is 1. The largest absolute Gasteiger partial charge is 0.354 e. The number of carbonyl (C=O) groups excluding carboxylic acids is 1. The van der Waals surface area contributed by atoms with Crippen LogP contribution in [0.5, 0.6) is 0 Å². The zero-order valence-corrected chi connectivity index (χ0v) is 12.2. The average molecular weight is 284 g/mol. The van der Waals surface area contributed by atoms with Gasteiger partial charge in [0.25, 0.3) is 0 Å². The van der Waals surface area contributed by atoms with Crippen LogP contribution >= 0.6 is 0 Å². The molecule has 1 aliphatic heterocycles. The number of carbonyl (C=O) groups is 1. The summed E-state index contributed by atoms with van der Waals surface area (Å²) >= 11 is 0. The van der Waals surface area contributed by atoms with E-state index in [1.54, 1.807) is 0 Å². The summed E-state index contributed by atoms with van der Waals surface area (Å²) in [7, 11) is 1.92. The van der Waals surface area contributed by atoms with Crippen LogP contribution in [0.4, 0.5) is 5.82 Å². The van der Waals surface area contributed by atoms with Gasteiger partial charge < -0.3 is 15.5 Å². The molecule has 1 aromatic carbocycles. The van der Waals surface area contributed by atoms with Gasteiger partial charge in [0.1, 0.15) is 5.82 Å². The molecule has 5 nitrogen and oxygen atoms in total. The first kappa shape index (κ1) is 13.8. The van der Waals surface area contributed by atoms with Crippen molar-refractivity contribution in [3.63, 3.8) is 0 Å². The first-order valence-corrected chi connectivity index (χ1v) is 7.33. The van der Waals surface area contributed by atoms with E-state index in [0.717, 1.165) is 48.3 Å². The topological polar surface area (TPSA) is 57.3 Å². The number of hydrogen-bond donors (Lipinski definition) is 2. The van der Waals surface area contributed by atoms with Gasteiger partial charge in [0.2, 0.25) is 5.91 Å². The Labute approximate surface area is 124 Å². The lowest BCUT2D eigenvalue weighted by molar-refractivity contribution is -0.119. The summed E-state index contributed by atoms with van der Waals surface area (Å²) < 4.78 is 0. The molecule has 2 aromatic rings. The summed E-state index contributed by atoms with van der Waals surface area (Å²) in [6.45, 7) is 2.71. The Balaban J connectivity index is 2.05. The summed E-state index contributed by atoms with van der Waals surface area (Å²) in [6, 6.07) is 10.3. The SMILES string of the molecule is CNCc1cc2ccccc2nc1N1CCCNC(=O)C1. The van der Waals surface area contributed by atoms with Crippen LogP contribution in [0, 0.1) is 0 Å². The van der Waals surface area contributed by atoms with Gasteiger partial charge in [-0.3, -0.25) is 4.79 Å². The summed E-state index contributed by atoms with van der Waals surface area (Å²) in [4.78, 5) is 18.7. The lowest BCUT2D eigenvalue weighted by Crippen LogP contribution is -2.34. The number of aromatic nitrogens is 1. The molecule has 0 atom stereocenters. The van der Waals surface area contributed by atoms with Crippen molar-refractivity contribution in [2.24, 2.45) is 0 Å². The second kappa shape index (κ2) is 6.10. The van der Waals surface area contributed by atoms with Crippen molar-refractivity contribution in [1.82, 2.24) is 15.6 Å². The molecule has 1 fully saturated rings. The highest BCUT2D eigenvalue weighted by Crippen LogP contribution is 2.24. The molecule has 5 heteroatoms. The Hall–Kier alpha value is -2.14. The molecule has 0 bridgehead atoms.